The Morgan fingerprint density at radius 1 is 0.510 bits per heavy atom. The molecule has 40 heteroatoms. The molecule has 25 N–H and O–H groups in total. The number of rotatable bonds is 42. The number of benzene rings is 2. The number of aromatic nitrogens is 2. The topological polar surface area (TPSA) is 674 Å². The van der Waals surface area contributed by atoms with Crippen molar-refractivity contribution in [3.05, 3.63) is 83.9 Å². The first-order valence-electron chi connectivity index (χ1n) is 29.6. The van der Waals surface area contributed by atoms with Gasteiger partial charge in [-0.15, -0.1) is 0 Å². The zero-order valence-electron chi connectivity index (χ0n) is 52.8. The summed E-state index contributed by atoms with van der Waals surface area (Å²) in [6, 6.07) is -4.08. The van der Waals surface area contributed by atoms with Gasteiger partial charge in [0.2, 0.25) is 59.1 Å². The summed E-state index contributed by atoms with van der Waals surface area (Å²) < 4.78 is 0. The first-order valence-corrected chi connectivity index (χ1v) is 29.6. The number of phenols is 1. The van der Waals surface area contributed by atoms with Crippen LogP contribution in [0.15, 0.2) is 72.1 Å². The zero-order chi connectivity index (χ0) is 73.8. The van der Waals surface area contributed by atoms with Crippen molar-refractivity contribution < 1.29 is 118 Å². The molecule has 0 aliphatic carbocycles. The number of aromatic amines is 1. The highest BCUT2D eigenvalue weighted by molar-refractivity contribution is 5.99. The molecule has 0 radical (unpaired) electrons. The number of hydrogen-bond donors (Lipinski definition) is 22. The molecular formula is C58H80N16O24. The van der Waals surface area contributed by atoms with Crippen molar-refractivity contribution in [1.82, 2.24) is 63.1 Å². The van der Waals surface area contributed by atoms with Gasteiger partial charge in [0.25, 0.3) is 5.97 Å². The molecule has 10 unspecified atom stereocenters. The van der Waals surface area contributed by atoms with Crippen molar-refractivity contribution in [2.75, 3.05) is 19.7 Å². The number of carboxylic acid groups (broad SMARTS) is 6. The van der Waals surface area contributed by atoms with Crippen molar-refractivity contribution in [1.29, 1.82) is 0 Å². The number of aromatic hydroxyl groups is 1. The molecular weight excluding hydrogens is 1300 g/mol. The number of aliphatic carboxylic acids is 6. The number of amides is 10. The Balaban J connectivity index is 0.00000793. The standard InChI is InChI=1S/C56H76N16O22.C2H4O2/c1-27(64-47(85)32(57)21-44(80)81)46(84)66-34(13-15-42(76)77)50(88)69-37(18-28-6-3-2-4-7-28)52(90)67-33(8-5-17-61-56(58)59)49(87)70-38(20-30-23-60-26-63-30)53(91)71-39(22-45(82)83)54(92)72-40(25-73)48(86)62-24-41(75)65-36(19-29-9-11-31(74)12-10-29)51(89)68-35(55(93)94)14-16-43(78)79;1-2(3)4/h2-4,6-7,9-12,23,26-27,32-40,73-74H,5,8,13-22,24-25,57H2,1H3,(H,60,63)(H,62,86)(H,64,85)(H,65,75)(H,66,84)(H,67,90)(H,68,89)(H,69,88)(H,70,87)(H,71,91)(H,72,92)(H,76,77)(H,78,79)(H,80,81)(H,82,83)(H,93,94)(H4,58,59,61);1H3,(H,3,4). The Bertz CT molecular complexity index is 3290. The van der Waals surface area contributed by atoms with Crippen LogP contribution in [0.5, 0.6) is 5.75 Å². The number of nitrogens with zero attached hydrogens (tertiary/aromatic N) is 2. The lowest BCUT2D eigenvalue weighted by molar-refractivity contribution is -0.144. The summed E-state index contributed by atoms with van der Waals surface area (Å²) in [7, 11) is 0. The SMILES string of the molecule is CC(=O)O.CC(NC(=O)C(N)CC(=O)O)C(=O)NC(CCC(=O)O)C(=O)NC(Cc1ccccc1)C(=O)NC(CCCN=C(N)N)C(=O)NC(Cc1cnc[nH]1)C(=O)NC(CC(=O)O)C(=O)NC(CO)C(=O)NCC(=O)NC(Cc1ccc(O)cc1)C(=O)NC(CCC(=O)O)C(=O)O. The second kappa shape index (κ2) is 42.5. The predicted molar refractivity (Wildman–Crippen MR) is 334 cm³/mol. The Kier molecular flexibility index (Phi) is 35.7. The third-order valence-electron chi connectivity index (χ3n) is 13.4. The van der Waals surface area contributed by atoms with Gasteiger partial charge in [0.05, 0.1) is 38.4 Å². The van der Waals surface area contributed by atoms with Gasteiger partial charge in [-0.3, -0.25) is 76.9 Å². The van der Waals surface area contributed by atoms with Gasteiger partial charge >= 0.3 is 29.8 Å². The van der Waals surface area contributed by atoms with E-state index in [4.69, 9.17) is 37.3 Å². The molecule has 40 nitrogen and oxygen atoms in total. The fraction of sp³-hybridized carbons (Fsp3) is 0.448. The molecule has 3 rings (SSSR count). The predicted octanol–water partition coefficient (Wildman–Crippen LogP) is -7.13. The number of phenolic OH excluding ortho intramolecular Hbond substituents is 1. The molecule has 98 heavy (non-hydrogen) atoms. The summed E-state index contributed by atoms with van der Waals surface area (Å²) in [6.45, 7) is -0.0935. The lowest BCUT2D eigenvalue weighted by Gasteiger charge is -2.27. The van der Waals surface area contributed by atoms with Crippen LogP contribution in [0, 0.1) is 0 Å². The third kappa shape index (κ3) is 32.8. The minimum atomic E-state index is -2.11. The smallest absolute Gasteiger partial charge is 0.326 e. The van der Waals surface area contributed by atoms with Gasteiger partial charge in [-0.1, -0.05) is 42.5 Å². The maximum absolute atomic E-state index is 14.5. The van der Waals surface area contributed by atoms with Crippen LogP contribution in [0.25, 0.3) is 0 Å². The number of guanidine groups is 1. The summed E-state index contributed by atoms with van der Waals surface area (Å²) in [4.78, 5) is 214. The Labute approximate surface area is 556 Å². The van der Waals surface area contributed by atoms with Gasteiger partial charge in [0, 0.05) is 57.5 Å². The Morgan fingerprint density at radius 2 is 0.959 bits per heavy atom. The molecule has 0 aliphatic heterocycles. The van der Waals surface area contributed by atoms with Crippen molar-refractivity contribution in [3.8, 4) is 5.75 Å². The second-order valence-corrected chi connectivity index (χ2v) is 21.5. The average molecular weight is 1390 g/mol. The molecule has 0 aliphatic rings. The van der Waals surface area contributed by atoms with Gasteiger partial charge in [-0.25, -0.2) is 9.78 Å². The summed E-state index contributed by atoms with van der Waals surface area (Å²) >= 11 is 0. The lowest BCUT2D eigenvalue weighted by atomic mass is 10.0. The van der Waals surface area contributed by atoms with E-state index in [2.05, 4.69) is 68.1 Å². The third-order valence-corrected chi connectivity index (χ3v) is 13.4. The number of hydrogen-bond acceptors (Lipinski definition) is 21. The minimum absolute atomic E-state index is 0.0565. The monoisotopic (exact) mass is 1380 g/mol. The highest BCUT2D eigenvalue weighted by Crippen LogP contribution is 2.14. The van der Waals surface area contributed by atoms with Crippen molar-refractivity contribution in [2.24, 2.45) is 22.2 Å². The summed E-state index contributed by atoms with van der Waals surface area (Å²) in [5, 5.41) is 97.1. The molecule has 1 heterocycles. The Hall–Kier alpha value is -11.8. The van der Waals surface area contributed by atoms with E-state index >= 15 is 0 Å². The van der Waals surface area contributed by atoms with Crippen LogP contribution in [-0.2, 0) is 96.0 Å². The highest BCUT2D eigenvalue weighted by Gasteiger charge is 2.36. The van der Waals surface area contributed by atoms with Crippen LogP contribution >= 0.6 is 0 Å². The molecule has 3 aromatic rings. The molecule has 536 valence electrons. The average Bonchev–Trinajstić information content (AvgIpc) is 1.09. The number of carbonyl (C=O) groups excluding carboxylic acids is 10. The largest absolute Gasteiger partial charge is 0.508 e. The van der Waals surface area contributed by atoms with E-state index in [1.165, 1.54) is 36.8 Å². The highest BCUT2D eigenvalue weighted by atomic mass is 16.4. The number of H-pyrrole nitrogens is 1. The molecule has 0 saturated heterocycles. The van der Waals surface area contributed by atoms with E-state index in [0.717, 1.165) is 13.8 Å². The lowest BCUT2D eigenvalue weighted by Crippen LogP contribution is -2.61. The molecule has 2 aromatic carbocycles. The number of imidazole rings is 1. The zero-order valence-corrected chi connectivity index (χ0v) is 52.8. The van der Waals surface area contributed by atoms with E-state index < -0.39 is 213 Å². The van der Waals surface area contributed by atoms with E-state index in [1.807, 2.05) is 0 Å². The van der Waals surface area contributed by atoms with Crippen LogP contribution in [0.4, 0.5) is 0 Å². The van der Waals surface area contributed by atoms with Crippen molar-refractivity contribution >= 4 is 101 Å². The molecule has 10 atom stereocenters. The summed E-state index contributed by atoms with van der Waals surface area (Å²) in [5.74, 6) is -20.4. The maximum Gasteiger partial charge on any atom is 0.326 e. The number of carbonyl (C=O) groups is 16. The molecule has 10 amide bonds. The normalized spacial score (nSPS) is 13.7. The molecule has 1 aromatic heterocycles. The summed E-state index contributed by atoms with van der Waals surface area (Å²) in [6.07, 6.45) is -3.57. The molecule has 0 saturated carbocycles. The molecule has 0 spiro atoms. The second-order valence-electron chi connectivity index (χ2n) is 21.5. The quantitative estimate of drug-likeness (QED) is 0.0142. The van der Waals surface area contributed by atoms with Gasteiger partial charge in [0.15, 0.2) is 5.96 Å². The number of aliphatic hydroxyl groups is 1. The number of nitrogens with one attached hydrogen (secondary N) is 11. The van der Waals surface area contributed by atoms with E-state index in [1.54, 1.807) is 30.3 Å². The molecule has 0 bridgehead atoms. The fourth-order valence-corrected chi connectivity index (χ4v) is 8.51. The first-order chi connectivity index (χ1) is 46.1. The minimum Gasteiger partial charge on any atom is -0.508 e. The van der Waals surface area contributed by atoms with Gasteiger partial charge in [0.1, 0.15) is 60.1 Å². The van der Waals surface area contributed by atoms with Gasteiger partial charge in [-0.05, 0) is 55.9 Å². The molecule has 0 fully saturated rings. The van der Waals surface area contributed by atoms with E-state index in [9.17, 15) is 97.5 Å². The van der Waals surface area contributed by atoms with Crippen LogP contribution in [0.1, 0.15) is 82.0 Å². The van der Waals surface area contributed by atoms with Crippen molar-refractivity contribution in [3.63, 3.8) is 0 Å². The first kappa shape index (κ1) is 82.3. The number of aliphatic imine (C=N–C) groups is 1. The van der Waals surface area contributed by atoms with Crippen LogP contribution < -0.4 is 70.4 Å². The van der Waals surface area contributed by atoms with E-state index in [0.29, 0.717) is 11.1 Å². The fourth-order valence-electron chi connectivity index (χ4n) is 8.51. The number of nitrogens with two attached hydrogens (primary N) is 3. The maximum atomic E-state index is 14.5. The van der Waals surface area contributed by atoms with Crippen molar-refractivity contribution in [2.45, 2.75) is 145 Å². The van der Waals surface area contributed by atoms with Crippen LogP contribution in [0.2, 0.25) is 0 Å². The van der Waals surface area contributed by atoms with Gasteiger partial charge < -0.3 is 116 Å². The van der Waals surface area contributed by atoms with E-state index in [-0.39, 0.29) is 49.6 Å². The van der Waals surface area contributed by atoms with Crippen LogP contribution in [-0.4, -0.2) is 232 Å². The van der Waals surface area contributed by atoms with Gasteiger partial charge in [-0.2, -0.15) is 0 Å². The number of aliphatic hydroxyl groups excluding tert-OH is 1. The number of carboxylic acids is 6. The Morgan fingerprint density at radius 3 is 1.46 bits per heavy atom. The summed E-state index contributed by atoms with van der Waals surface area (Å²) in [5.41, 5.74) is 17.5. The van der Waals surface area contributed by atoms with Crippen LogP contribution in [0.3, 0.4) is 0 Å².